The number of sulfonamides is 1. The Labute approximate surface area is 131 Å². The summed E-state index contributed by atoms with van der Waals surface area (Å²) in [6.45, 7) is 6.49. The van der Waals surface area contributed by atoms with Crippen LogP contribution in [0.1, 0.15) is 24.6 Å². The maximum Gasteiger partial charge on any atom is 0.244 e. The summed E-state index contributed by atoms with van der Waals surface area (Å²) in [6, 6.07) is 2.47. The Morgan fingerprint density at radius 3 is 2.62 bits per heavy atom. The van der Waals surface area contributed by atoms with Crippen molar-refractivity contribution in [2.75, 3.05) is 32.7 Å². The van der Waals surface area contributed by atoms with E-state index in [9.17, 15) is 8.42 Å². The molecule has 1 saturated heterocycles. The Balaban J connectivity index is 1.70. The fourth-order valence-electron chi connectivity index (χ4n) is 2.81. The fourth-order valence-corrected chi connectivity index (χ4v) is 5.62. The molecule has 2 heterocycles. The summed E-state index contributed by atoms with van der Waals surface area (Å²) < 4.78 is 27.3. The van der Waals surface area contributed by atoms with E-state index in [-0.39, 0.29) is 0 Å². The zero-order valence-corrected chi connectivity index (χ0v) is 14.0. The van der Waals surface area contributed by atoms with Crippen molar-refractivity contribution in [2.24, 2.45) is 0 Å². The van der Waals surface area contributed by atoms with E-state index in [4.69, 9.17) is 0 Å². The maximum absolute atomic E-state index is 12.8. The highest BCUT2D eigenvalue weighted by molar-refractivity contribution is 7.89. The molecule has 1 aromatic rings. The van der Waals surface area contributed by atoms with E-state index < -0.39 is 10.0 Å². The summed E-state index contributed by atoms with van der Waals surface area (Å²) >= 11 is 1.52. The second-order valence-electron chi connectivity index (χ2n) is 5.66. The smallest absolute Gasteiger partial charge is 0.244 e. The van der Waals surface area contributed by atoms with E-state index in [0.717, 1.165) is 30.6 Å². The Morgan fingerprint density at radius 1 is 1.29 bits per heavy atom. The third-order valence-electron chi connectivity index (χ3n) is 4.19. The molecule has 7 heteroatoms. The fraction of sp³-hybridized carbons (Fsp3) is 0.714. The maximum atomic E-state index is 12.8. The lowest BCUT2D eigenvalue weighted by atomic mass is 10.3. The molecule has 2 fully saturated rings. The Morgan fingerprint density at radius 2 is 2.00 bits per heavy atom. The monoisotopic (exact) mass is 329 g/mol. The van der Waals surface area contributed by atoms with Crippen LogP contribution in [0.15, 0.2) is 16.3 Å². The molecule has 3 rings (SSSR count). The van der Waals surface area contributed by atoms with E-state index in [0.29, 0.717) is 24.5 Å². The molecule has 5 nitrogen and oxygen atoms in total. The first-order valence-corrected chi connectivity index (χ1v) is 9.96. The molecule has 0 bridgehead atoms. The highest BCUT2D eigenvalue weighted by atomic mass is 32.2. The molecule has 1 aliphatic heterocycles. The van der Waals surface area contributed by atoms with Gasteiger partial charge in [-0.2, -0.15) is 4.31 Å². The lowest BCUT2D eigenvalue weighted by Crippen LogP contribution is -2.49. The lowest BCUT2D eigenvalue weighted by molar-refractivity contribution is 0.180. The average Bonchev–Trinajstić information content (AvgIpc) is 3.23. The highest BCUT2D eigenvalue weighted by Gasteiger charge is 2.35. The van der Waals surface area contributed by atoms with E-state index >= 15 is 0 Å². The van der Waals surface area contributed by atoms with Crippen molar-refractivity contribution in [2.45, 2.75) is 37.2 Å². The van der Waals surface area contributed by atoms with Crippen LogP contribution in [0, 0.1) is 0 Å². The van der Waals surface area contributed by atoms with Gasteiger partial charge >= 0.3 is 0 Å². The molecule has 1 aliphatic carbocycles. The average molecular weight is 329 g/mol. The Kier molecular flexibility index (Phi) is 4.66. The molecule has 21 heavy (non-hydrogen) atoms. The molecule has 118 valence electrons. The van der Waals surface area contributed by atoms with Gasteiger partial charge in [0.2, 0.25) is 10.0 Å². The number of rotatable bonds is 6. The van der Waals surface area contributed by atoms with Crippen molar-refractivity contribution in [3.05, 3.63) is 16.3 Å². The second kappa shape index (κ2) is 6.34. The zero-order valence-electron chi connectivity index (χ0n) is 12.4. The molecule has 1 saturated carbocycles. The van der Waals surface area contributed by atoms with Crippen molar-refractivity contribution in [1.82, 2.24) is 14.5 Å². The van der Waals surface area contributed by atoms with Crippen molar-refractivity contribution >= 4 is 21.4 Å². The van der Waals surface area contributed by atoms with Gasteiger partial charge in [0.25, 0.3) is 0 Å². The number of piperazine rings is 1. The summed E-state index contributed by atoms with van der Waals surface area (Å²) in [4.78, 5) is 3.84. The molecule has 0 amide bonds. The standard InChI is InChI=1S/C14H23N3O2S2/c1-2-15-11-13-14(5-10-20-13)21(18,19)17-8-6-16(7-9-17)12-3-4-12/h5,10,12,15H,2-4,6-9,11H2,1H3. The van der Waals surface area contributed by atoms with Crippen LogP contribution in [0.4, 0.5) is 0 Å². The predicted octanol–water partition coefficient (Wildman–Crippen LogP) is 1.33. The largest absolute Gasteiger partial charge is 0.312 e. The van der Waals surface area contributed by atoms with Gasteiger partial charge in [-0.25, -0.2) is 8.42 Å². The van der Waals surface area contributed by atoms with Gasteiger partial charge in [0, 0.05) is 43.6 Å². The van der Waals surface area contributed by atoms with Gasteiger partial charge in [0.05, 0.1) is 4.90 Å². The van der Waals surface area contributed by atoms with Gasteiger partial charge in [0.15, 0.2) is 0 Å². The van der Waals surface area contributed by atoms with Gasteiger partial charge < -0.3 is 5.32 Å². The Bertz CT molecular complexity index is 573. The van der Waals surface area contributed by atoms with Crippen molar-refractivity contribution in [3.8, 4) is 0 Å². The molecular formula is C14H23N3O2S2. The predicted molar refractivity (Wildman–Crippen MR) is 85.1 cm³/mol. The van der Waals surface area contributed by atoms with Crippen LogP contribution < -0.4 is 5.32 Å². The molecule has 1 N–H and O–H groups in total. The quantitative estimate of drug-likeness (QED) is 0.855. The third kappa shape index (κ3) is 3.32. The molecule has 0 unspecified atom stereocenters. The first-order chi connectivity index (χ1) is 10.1. The Hall–Kier alpha value is -0.470. The summed E-state index contributed by atoms with van der Waals surface area (Å²) in [7, 11) is -3.33. The summed E-state index contributed by atoms with van der Waals surface area (Å²) in [5.74, 6) is 0. The van der Waals surface area contributed by atoms with Crippen LogP contribution in [-0.4, -0.2) is 56.4 Å². The minimum Gasteiger partial charge on any atom is -0.312 e. The van der Waals surface area contributed by atoms with Gasteiger partial charge in [-0.15, -0.1) is 11.3 Å². The van der Waals surface area contributed by atoms with Gasteiger partial charge in [-0.3, -0.25) is 4.90 Å². The van der Waals surface area contributed by atoms with E-state index in [2.05, 4.69) is 10.2 Å². The van der Waals surface area contributed by atoms with Crippen LogP contribution >= 0.6 is 11.3 Å². The molecule has 2 aliphatic rings. The van der Waals surface area contributed by atoms with Crippen LogP contribution in [0.2, 0.25) is 0 Å². The van der Waals surface area contributed by atoms with Crippen LogP contribution in [-0.2, 0) is 16.6 Å². The van der Waals surface area contributed by atoms with E-state index in [1.165, 1.54) is 24.2 Å². The third-order valence-corrected chi connectivity index (χ3v) is 7.23. The first kappa shape index (κ1) is 15.4. The highest BCUT2D eigenvalue weighted by Crippen LogP contribution is 2.30. The zero-order chi connectivity index (χ0) is 14.9. The number of nitrogens with zero attached hydrogens (tertiary/aromatic N) is 2. The lowest BCUT2D eigenvalue weighted by Gasteiger charge is -2.34. The minimum absolute atomic E-state index is 0.494. The summed E-state index contributed by atoms with van der Waals surface area (Å²) in [5, 5.41) is 5.09. The van der Waals surface area contributed by atoms with Gasteiger partial charge in [0.1, 0.15) is 0 Å². The molecule has 0 aromatic carbocycles. The number of hydrogen-bond acceptors (Lipinski definition) is 5. The van der Waals surface area contributed by atoms with Crippen molar-refractivity contribution in [3.63, 3.8) is 0 Å². The van der Waals surface area contributed by atoms with Crippen molar-refractivity contribution < 1.29 is 8.42 Å². The van der Waals surface area contributed by atoms with E-state index in [1.54, 1.807) is 10.4 Å². The van der Waals surface area contributed by atoms with Gasteiger partial charge in [-0.1, -0.05) is 6.92 Å². The van der Waals surface area contributed by atoms with Crippen LogP contribution in [0.5, 0.6) is 0 Å². The van der Waals surface area contributed by atoms with Gasteiger partial charge in [-0.05, 0) is 30.8 Å². The topological polar surface area (TPSA) is 52.7 Å². The van der Waals surface area contributed by atoms with Crippen LogP contribution in [0.25, 0.3) is 0 Å². The second-order valence-corrected chi connectivity index (χ2v) is 8.57. The van der Waals surface area contributed by atoms with Crippen LogP contribution in [0.3, 0.4) is 0 Å². The molecule has 0 spiro atoms. The molecule has 0 atom stereocenters. The number of nitrogens with one attached hydrogen (secondary N) is 1. The molecule has 0 radical (unpaired) electrons. The molecular weight excluding hydrogens is 306 g/mol. The number of thiophene rings is 1. The number of hydrogen-bond donors (Lipinski definition) is 1. The first-order valence-electron chi connectivity index (χ1n) is 7.64. The molecule has 1 aromatic heterocycles. The van der Waals surface area contributed by atoms with Crippen molar-refractivity contribution in [1.29, 1.82) is 0 Å². The summed E-state index contributed by atoms with van der Waals surface area (Å²) in [5.41, 5.74) is 0. The minimum atomic E-state index is -3.33. The SMILES string of the molecule is CCNCc1sccc1S(=O)(=O)N1CCN(C2CC2)CC1. The normalized spacial score (nSPS) is 21.8. The summed E-state index contributed by atoms with van der Waals surface area (Å²) in [6.07, 6.45) is 2.56. The van der Waals surface area contributed by atoms with E-state index in [1.807, 2.05) is 12.3 Å².